The van der Waals surface area contributed by atoms with Gasteiger partial charge in [0, 0.05) is 12.3 Å². The molecule has 2 aromatic rings. The third-order valence-electron chi connectivity index (χ3n) is 4.81. The van der Waals surface area contributed by atoms with Gasteiger partial charge in [0.1, 0.15) is 29.4 Å². The van der Waals surface area contributed by atoms with Gasteiger partial charge in [0.05, 0.1) is 22.4 Å². The molecule has 2 aliphatic heterocycles. The third kappa shape index (κ3) is 2.77. The van der Waals surface area contributed by atoms with Crippen LogP contribution in [0.2, 0.25) is 0 Å². The molecule has 144 valence electrons. The molecule has 1 unspecified atom stereocenters. The molecule has 4 heterocycles. The van der Waals surface area contributed by atoms with Crippen LogP contribution in [0.15, 0.2) is 27.1 Å². The van der Waals surface area contributed by atoms with Crippen molar-refractivity contribution in [3.63, 3.8) is 0 Å². The molecule has 0 amide bonds. The summed E-state index contributed by atoms with van der Waals surface area (Å²) >= 11 is 5.56. The van der Waals surface area contributed by atoms with Crippen LogP contribution in [0.4, 0.5) is 11.6 Å². The molecule has 4 rings (SSSR count). The van der Waals surface area contributed by atoms with Gasteiger partial charge in [-0.25, -0.2) is 9.98 Å². The number of aromatic nitrogens is 2. The third-order valence-corrected chi connectivity index (χ3v) is 5.62. The number of hydrogen-bond donors (Lipinski definition) is 5. The Hall–Kier alpha value is -1.63. The molecule has 11 heteroatoms. The molecule has 9 nitrogen and oxygen atoms in total. The molecular weight excluding hydrogens is 392 g/mol. The first-order chi connectivity index (χ1) is 12.8. The second-order valence-electron chi connectivity index (χ2n) is 6.60. The maximum Gasteiger partial charge on any atom is 0.190 e. The summed E-state index contributed by atoms with van der Waals surface area (Å²) in [5.74, 6) is 0.787. The van der Waals surface area contributed by atoms with Crippen molar-refractivity contribution in [3.05, 3.63) is 22.5 Å². The molecule has 4 atom stereocenters. The van der Waals surface area contributed by atoms with Crippen molar-refractivity contribution in [1.29, 1.82) is 0 Å². The lowest BCUT2D eigenvalue weighted by atomic mass is 9.96. The minimum absolute atomic E-state index is 0.262. The number of thiol groups is 1. The Kier molecular flexibility index (Phi) is 4.48. The number of aliphatic hydroxyl groups is 3. The highest BCUT2D eigenvalue weighted by Crippen LogP contribution is 2.44. The summed E-state index contributed by atoms with van der Waals surface area (Å²) in [5.41, 5.74) is -2.01. The van der Waals surface area contributed by atoms with Gasteiger partial charge in [0.25, 0.3) is 0 Å². The maximum atomic E-state index is 12.6. The van der Waals surface area contributed by atoms with E-state index < -0.39 is 30.6 Å². The van der Waals surface area contributed by atoms with E-state index in [9.17, 15) is 20.1 Å². The Labute approximate surface area is 163 Å². The van der Waals surface area contributed by atoms with Gasteiger partial charge >= 0.3 is 0 Å². The predicted octanol–water partition coefficient (Wildman–Crippen LogP) is 0.463. The molecule has 1 saturated heterocycles. The Morgan fingerprint density at radius 1 is 1.52 bits per heavy atom. The van der Waals surface area contributed by atoms with E-state index in [2.05, 4.69) is 27.9 Å². The van der Waals surface area contributed by atoms with Crippen LogP contribution in [-0.2, 0) is 4.74 Å². The van der Waals surface area contributed by atoms with Crippen molar-refractivity contribution in [2.75, 3.05) is 18.2 Å². The summed E-state index contributed by atoms with van der Waals surface area (Å²) in [4.78, 5) is 21.4. The summed E-state index contributed by atoms with van der Waals surface area (Å²) < 4.78 is 7.20. The van der Waals surface area contributed by atoms with Gasteiger partial charge in [-0.1, -0.05) is 11.8 Å². The van der Waals surface area contributed by atoms with E-state index in [1.165, 1.54) is 35.5 Å². The Balaban J connectivity index is 2.01. The van der Waals surface area contributed by atoms with Crippen LogP contribution in [0.1, 0.15) is 13.2 Å². The molecule has 0 bridgehead atoms. The molecule has 2 aromatic heterocycles. The van der Waals surface area contributed by atoms with Gasteiger partial charge in [-0.05, 0) is 13.2 Å². The molecule has 0 saturated carbocycles. The van der Waals surface area contributed by atoms with Crippen molar-refractivity contribution in [1.82, 2.24) is 9.55 Å². The van der Waals surface area contributed by atoms with Crippen LogP contribution in [0.3, 0.4) is 0 Å². The summed E-state index contributed by atoms with van der Waals surface area (Å²) in [5, 5.41) is 35.2. The second kappa shape index (κ2) is 6.47. The standard InChI is InChI=1S/C16H18N4O5S2/c1-16(24)11(23)8(5-21)25-14(16)20-4-6-7(22)3-9(26)17-12-10(6)13(20)19-15(18-12)27-2/h3-4,8,11,14,21,23-24,26H,5H2,1-2H3,(H,17,18,19)/t8-,11-,14?,16+/m1/s1. The van der Waals surface area contributed by atoms with Crippen molar-refractivity contribution >= 4 is 52.0 Å². The largest absolute Gasteiger partial charge is 0.394 e. The first kappa shape index (κ1) is 18.7. The SMILES string of the molecule is CSC1=Nc2c3c(nc(S)cc(=O)c3cn2C2O[C@H](CO)[C@@H](O)[C@]2(C)O)N1. The van der Waals surface area contributed by atoms with E-state index >= 15 is 0 Å². The maximum absolute atomic E-state index is 12.6. The van der Waals surface area contributed by atoms with Gasteiger partial charge in [0.15, 0.2) is 16.8 Å². The van der Waals surface area contributed by atoms with Crippen LogP contribution in [-0.4, -0.2) is 60.7 Å². The average molecular weight is 410 g/mol. The van der Waals surface area contributed by atoms with E-state index in [0.29, 0.717) is 27.6 Å². The summed E-state index contributed by atoms with van der Waals surface area (Å²) in [6.07, 6.45) is 0.0349. The number of nitrogens with one attached hydrogen (secondary N) is 1. The van der Waals surface area contributed by atoms with Crippen molar-refractivity contribution in [2.45, 2.75) is 36.0 Å². The quantitative estimate of drug-likeness (QED) is 0.452. The van der Waals surface area contributed by atoms with Gasteiger partial charge in [-0.3, -0.25) is 4.79 Å². The number of amidine groups is 1. The number of ether oxygens (including phenoxy) is 1. The highest BCUT2D eigenvalue weighted by atomic mass is 32.2. The Bertz CT molecular complexity index is 1020. The number of nitrogens with zero attached hydrogens (tertiary/aromatic N) is 3. The lowest BCUT2D eigenvalue weighted by Gasteiger charge is -2.28. The van der Waals surface area contributed by atoms with E-state index in [-0.39, 0.29) is 10.5 Å². The van der Waals surface area contributed by atoms with E-state index in [4.69, 9.17) is 4.74 Å². The Morgan fingerprint density at radius 3 is 2.89 bits per heavy atom. The van der Waals surface area contributed by atoms with Gasteiger partial charge < -0.3 is 29.9 Å². The Morgan fingerprint density at radius 2 is 2.26 bits per heavy atom. The fourth-order valence-corrected chi connectivity index (χ4v) is 4.02. The lowest BCUT2D eigenvalue weighted by Crippen LogP contribution is -2.44. The predicted molar refractivity (Wildman–Crippen MR) is 105 cm³/mol. The number of rotatable bonds is 2. The van der Waals surface area contributed by atoms with Crippen molar-refractivity contribution < 1.29 is 20.1 Å². The normalized spacial score (nSPS) is 29.7. The molecular formula is C16H18N4O5S2. The number of thioether (sulfide) groups is 1. The van der Waals surface area contributed by atoms with Crippen molar-refractivity contribution in [3.8, 4) is 0 Å². The highest BCUT2D eigenvalue weighted by molar-refractivity contribution is 8.13. The molecule has 0 radical (unpaired) electrons. The minimum atomic E-state index is -1.70. The average Bonchev–Trinajstić information content (AvgIpc) is 3.06. The molecule has 0 aromatic carbocycles. The van der Waals surface area contributed by atoms with Crippen LogP contribution >= 0.6 is 24.4 Å². The summed E-state index contributed by atoms with van der Waals surface area (Å²) in [7, 11) is 0. The zero-order valence-electron chi connectivity index (χ0n) is 14.4. The van der Waals surface area contributed by atoms with E-state index in [0.717, 1.165) is 0 Å². The number of hydrogen-bond acceptors (Lipinski definition) is 10. The fourth-order valence-electron chi connectivity index (χ4n) is 3.43. The van der Waals surface area contributed by atoms with Gasteiger partial charge in [0.2, 0.25) is 0 Å². The zero-order valence-corrected chi connectivity index (χ0v) is 16.2. The minimum Gasteiger partial charge on any atom is -0.394 e. The van der Waals surface area contributed by atoms with Crippen LogP contribution in [0.25, 0.3) is 10.8 Å². The zero-order chi connectivity index (χ0) is 19.5. The van der Waals surface area contributed by atoms with E-state index in [1.807, 2.05) is 6.26 Å². The van der Waals surface area contributed by atoms with Gasteiger partial charge in [-0.15, -0.1) is 12.6 Å². The van der Waals surface area contributed by atoms with Crippen LogP contribution in [0.5, 0.6) is 0 Å². The molecule has 0 aliphatic carbocycles. The van der Waals surface area contributed by atoms with Crippen LogP contribution < -0.4 is 10.7 Å². The molecule has 2 aliphatic rings. The first-order valence-corrected chi connectivity index (χ1v) is 9.80. The van der Waals surface area contributed by atoms with E-state index in [1.54, 1.807) is 0 Å². The second-order valence-corrected chi connectivity index (χ2v) is 7.86. The van der Waals surface area contributed by atoms with Crippen molar-refractivity contribution in [2.24, 2.45) is 4.99 Å². The molecule has 4 N–H and O–H groups in total. The smallest absolute Gasteiger partial charge is 0.190 e. The number of anilines is 1. The highest BCUT2D eigenvalue weighted by Gasteiger charge is 2.53. The fraction of sp³-hybridized carbons (Fsp3) is 0.438. The topological polar surface area (TPSA) is 129 Å². The summed E-state index contributed by atoms with van der Waals surface area (Å²) in [6.45, 7) is 0.959. The van der Waals surface area contributed by atoms with Gasteiger partial charge in [-0.2, -0.15) is 0 Å². The number of aliphatic imine (C=N–C) groups is 1. The summed E-state index contributed by atoms with van der Waals surface area (Å²) in [6, 6.07) is 1.30. The van der Waals surface area contributed by atoms with Crippen LogP contribution in [0, 0.1) is 0 Å². The molecule has 0 spiro atoms. The molecule has 1 fully saturated rings. The first-order valence-electron chi connectivity index (χ1n) is 8.13. The lowest BCUT2D eigenvalue weighted by molar-refractivity contribution is -0.0955. The number of aliphatic hydroxyl groups excluding tert-OH is 2. The monoisotopic (exact) mass is 410 g/mol. The molecule has 27 heavy (non-hydrogen) atoms.